The average molecular weight is 320 g/mol. The fourth-order valence-electron chi connectivity index (χ4n) is 2.26. The molecule has 0 heterocycles. The summed E-state index contributed by atoms with van der Waals surface area (Å²) in [6.07, 6.45) is -1.27. The highest BCUT2D eigenvalue weighted by Crippen LogP contribution is 2.26. The molecule has 2 aromatic carbocycles. The van der Waals surface area contributed by atoms with Gasteiger partial charge in [-0.1, -0.05) is 23.7 Å². The number of amides is 1. The monoisotopic (exact) mass is 319 g/mol. The zero-order valence-electron chi connectivity index (χ0n) is 12.7. The van der Waals surface area contributed by atoms with Gasteiger partial charge in [0.15, 0.2) is 6.10 Å². The van der Waals surface area contributed by atoms with E-state index in [9.17, 15) is 9.90 Å². The molecule has 0 saturated heterocycles. The number of anilines is 1. The number of methoxy groups -OCH3 is 1. The van der Waals surface area contributed by atoms with Crippen LogP contribution in [0.15, 0.2) is 36.4 Å². The summed E-state index contributed by atoms with van der Waals surface area (Å²) in [5.41, 5.74) is 2.82. The van der Waals surface area contributed by atoms with Crippen molar-refractivity contribution in [3.63, 3.8) is 0 Å². The van der Waals surface area contributed by atoms with Crippen molar-refractivity contribution in [2.75, 3.05) is 12.4 Å². The summed E-state index contributed by atoms with van der Waals surface area (Å²) in [7, 11) is 1.53. The van der Waals surface area contributed by atoms with E-state index < -0.39 is 12.0 Å². The number of rotatable bonds is 4. The van der Waals surface area contributed by atoms with Crippen LogP contribution in [0.2, 0.25) is 5.02 Å². The molecule has 0 saturated carbocycles. The van der Waals surface area contributed by atoms with Gasteiger partial charge in [0.25, 0.3) is 5.91 Å². The second-order valence-corrected chi connectivity index (χ2v) is 5.52. The summed E-state index contributed by atoms with van der Waals surface area (Å²) in [5, 5.41) is 13.6. The van der Waals surface area contributed by atoms with Crippen molar-refractivity contribution >= 4 is 23.2 Å². The summed E-state index contributed by atoms with van der Waals surface area (Å²) in [6.45, 7) is 3.71. The zero-order chi connectivity index (χ0) is 16.3. The smallest absolute Gasteiger partial charge is 0.257 e. The summed E-state index contributed by atoms with van der Waals surface area (Å²) in [4.78, 5) is 12.3. The van der Waals surface area contributed by atoms with Crippen molar-refractivity contribution in [3.8, 4) is 5.75 Å². The number of hydrogen-bond acceptors (Lipinski definition) is 3. The molecule has 0 spiro atoms. The van der Waals surface area contributed by atoms with Crippen LogP contribution in [-0.2, 0) is 4.79 Å². The van der Waals surface area contributed by atoms with E-state index in [0.29, 0.717) is 22.0 Å². The molecule has 1 atom stereocenters. The molecule has 2 N–H and O–H groups in total. The Hall–Kier alpha value is -2.04. The molecule has 0 fully saturated rings. The van der Waals surface area contributed by atoms with E-state index in [4.69, 9.17) is 16.3 Å². The quantitative estimate of drug-likeness (QED) is 0.904. The molecule has 5 heteroatoms. The number of ether oxygens (including phenoxy) is 1. The molecule has 22 heavy (non-hydrogen) atoms. The topological polar surface area (TPSA) is 58.6 Å². The number of carbonyl (C=O) groups is 1. The van der Waals surface area contributed by atoms with Crippen LogP contribution in [-0.4, -0.2) is 18.1 Å². The second-order valence-electron chi connectivity index (χ2n) is 5.08. The molecule has 0 radical (unpaired) electrons. The first-order valence-corrected chi connectivity index (χ1v) is 7.20. The normalized spacial score (nSPS) is 11.9. The summed E-state index contributed by atoms with van der Waals surface area (Å²) >= 11 is 5.97. The number of benzene rings is 2. The van der Waals surface area contributed by atoms with Gasteiger partial charge in [0.1, 0.15) is 5.75 Å². The lowest BCUT2D eigenvalue weighted by Crippen LogP contribution is -2.21. The first-order chi connectivity index (χ1) is 10.4. The molecule has 0 aliphatic rings. The first-order valence-electron chi connectivity index (χ1n) is 6.82. The van der Waals surface area contributed by atoms with Crippen molar-refractivity contribution in [2.45, 2.75) is 20.0 Å². The van der Waals surface area contributed by atoms with E-state index >= 15 is 0 Å². The molecule has 2 rings (SSSR count). The van der Waals surface area contributed by atoms with Crippen LogP contribution in [0.25, 0.3) is 0 Å². The number of carbonyl (C=O) groups excluding carboxylic acids is 1. The number of halogens is 1. The highest BCUT2D eigenvalue weighted by Gasteiger charge is 2.19. The van der Waals surface area contributed by atoms with Gasteiger partial charge in [-0.25, -0.2) is 0 Å². The van der Waals surface area contributed by atoms with Crippen molar-refractivity contribution in [1.29, 1.82) is 0 Å². The number of aliphatic hydroxyl groups excluding tert-OH is 1. The third-order valence-corrected chi connectivity index (χ3v) is 3.62. The van der Waals surface area contributed by atoms with Crippen molar-refractivity contribution < 1.29 is 14.6 Å². The molecule has 0 aliphatic carbocycles. The Morgan fingerprint density at radius 1 is 1.23 bits per heavy atom. The van der Waals surface area contributed by atoms with Gasteiger partial charge in [-0.15, -0.1) is 0 Å². The maximum absolute atomic E-state index is 12.3. The SMILES string of the molecule is COc1cccc(C(O)C(=O)Nc2c(C)cc(Cl)cc2C)c1. The molecule has 4 nitrogen and oxygen atoms in total. The Labute approximate surface area is 134 Å². The fraction of sp³-hybridized carbons (Fsp3) is 0.235. The number of aliphatic hydroxyl groups is 1. The van der Waals surface area contributed by atoms with Crippen molar-refractivity contribution in [1.82, 2.24) is 0 Å². The lowest BCUT2D eigenvalue weighted by atomic mass is 10.1. The Bertz CT molecular complexity index is 677. The fourth-order valence-corrected chi connectivity index (χ4v) is 2.59. The largest absolute Gasteiger partial charge is 0.497 e. The predicted octanol–water partition coefficient (Wildman–Crippen LogP) is 3.64. The van der Waals surface area contributed by atoms with Gasteiger partial charge in [0, 0.05) is 10.7 Å². The third-order valence-electron chi connectivity index (χ3n) is 3.40. The van der Waals surface area contributed by atoms with Crippen LogP contribution in [0, 0.1) is 13.8 Å². The minimum absolute atomic E-state index is 0.473. The van der Waals surface area contributed by atoms with Gasteiger partial charge < -0.3 is 15.2 Å². The van der Waals surface area contributed by atoms with Gasteiger partial charge in [0.05, 0.1) is 7.11 Å². The first kappa shape index (κ1) is 16.3. The van der Waals surface area contributed by atoms with Crippen LogP contribution in [0.4, 0.5) is 5.69 Å². The predicted molar refractivity (Wildman–Crippen MR) is 87.5 cm³/mol. The Balaban J connectivity index is 2.21. The van der Waals surface area contributed by atoms with Crippen LogP contribution >= 0.6 is 11.6 Å². The second kappa shape index (κ2) is 6.81. The van der Waals surface area contributed by atoms with E-state index in [1.807, 2.05) is 13.8 Å². The maximum Gasteiger partial charge on any atom is 0.257 e. The highest BCUT2D eigenvalue weighted by molar-refractivity contribution is 6.30. The van der Waals surface area contributed by atoms with Crippen LogP contribution in [0.1, 0.15) is 22.8 Å². The third kappa shape index (κ3) is 3.59. The lowest BCUT2D eigenvalue weighted by molar-refractivity contribution is -0.124. The van der Waals surface area contributed by atoms with Crippen LogP contribution in [0.3, 0.4) is 0 Å². The molecular weight excluding hydrogens is 302 g/mol. The van der Waals surface area contributed by atoms with E-state index in [2.05, 4.69) is 5.32 Å². The number of nitrogens with one attached hydrogen (secondary N) is 1. The molecule has 1 amide bonds. The van der Waals surface area contributed by atoms with Crippen LogP contribution in [0.5, 0.6) is 5.75 Å². The molecule has 0 bridgehead atoms. The van der Waals surface area contributed by atoms with E-state index in [1.165, 1.54) is 7.11 Å². The number of aryl methyl sites for hydroxylation is 2. The average Bonchev–Trinajstić information content (AvgIpc) is 2.49. The standard InChI is InChI=1S/C17H18ClNO3/c1-10-7-13(18)8-11(2)15(10)19-17(21)16(20)12-5-4-6-14(9-12)22-3/h4-9,16,20H,1-3H3,(H,19,21). The Morgan fingerprint density at radius 3 is 2.45 bits per heavy atom. The van der Waals surface area contributed by atoms with Crippen LogP contribution < -0.4 is 10.1 Å². The molecule has 0 aromatic heterocycles. The zero-order valence-corrected chi connectivity index (χ0v) is 13.4. The van der Waals surface area contributed by atoms with Crippen molar-refractivity contribution in [2.24, 2.45) is 0 Å². The van der Waals surface area contributed by atoms with Gasteiger partial charge in [-0.05, 0) is 54.8 Å². The van der Waals surface area contributed by atoms with Gasteiger partial charge in [0.2, 0.25) is 0 Å². The minimum atomic E-state index is -1.27. The molecular formula is C17H18ClNO3. The van der Waals surface area contributed by atoms with Gasteiger partial charge in [-0.2, -0.15) is 0 Å². The number of hydrogen-bond donors (Lipinski definition) is 2. The summed E-state index contributed by atoms with van der Waals surface area (Å²) in [5.74, 6) is 0.0879. The maximum atomic E-state index is 12.3. The lowest BCUT2D eigenvalue weighted by Gasteiger charge is -2.16. The van der Waals surface area contributed by atoms with E-state index in [1.54, 1.807) is 36.4 Å². The summed E-state index contributed by atoms with van der Waals surface area (Å²) < 4.78 is 5.10. The molecule has 1 unspecified atom stereocenters. The Morgan fingerprint density at radius 2 is 1.86 bits per heavy atom. The molecule has 0 aliphatic heterocycles. The van der Waals surface area contributed by atoms with E-state index in [0.717, 1.165) is 11.1 Å². The summed E-state index contributed by atoms with van der Waals surface area (Å²) in [6, 6.07) is 10.3. The van der Waals surface area contributed by atoms with E-state index in [-0.39, 0.29) is 0 Å². The minimum Gasteiger partial charge on any atom is -0.497 e. The van der Waals surface area contributed by atoms with Gasteiger partial charge >= 0.3 is 0 Å². The van der Waals surface area contributed by atoms with Crippen molar-refractivity contribution in [3.05, 3.63) is 58.1 Å². The highest BCUT2D eigenvalue weighted by atomic mass is 35.5. The Kier molecular flexibility index (Phi) is 5.06. The molecule has 116 valence electrons. The molecule has 2 aromatic rings. The van der Waals surface area contributed by atoms with Gasteiger partial charge in [-0.3, -0.25) is 4.79 Å².